The lowest BCUT2D eigenvalue weighted by molar-refractivity contribution is -0.119. The Labute approximate surface area is 131 Å². The Bertz CT molecular complexity index is 332. The molecule has 1 rings (SSSR count). The molecule has 0 amide bonds. The molecule has 122 valence electrons. The van der Waals surface area contributed by atoms with Crippen LogP contribution in [0.4, 0.5) is 0 Å². The van der Waals surface area contributed by atoms with Crippen LogP contribution in [-0.2, 0) is 9.53 Å². The van der Waals surface area contributed by atoms with Crippen molar-refractivity contribution < 1.29 is 9.53 Å². The molecule has 2 nitrogen and oxygen atoms in total. The molecule has 0 saturated heterocycles. The maximum absolute atomic E-state index is 11.6. The van der Waals surface area contributed by atoms with E-state index in [1.165, 1.54) is 31.3 Å². The molecule has 0 bridgehead atoms. The molecule has 3 atom stereocenters. The lowest BCUT2D eigenvalue weighted by Gasteiger charge is -2.27. The van der Waals surface area contributed by atoms with Gasteiger partial charge in [-0.1, -0.05) is 31.9 Å². The van der Waals surface area contributed by atoms with Crippen molar-refractivity contribution in [3.8, 4) is 0 Å². The van der Waals surface area contributed by atoms with E-state index in [1.54, 1.807) is 0 Å². The molecule has 0 aromatic rings. The highest BCUT2D eigenvalue weighted by atomic mass is 16.5. The van der Waals surface area contributed by atoms with Crippen LogP contribution in [0.2, 0.25) is 0 Å². The van der Waals surface area contributed by atoms with Crippen LogP contribution in [0.3, 0.4) is 0 Å². The van der Waals surface area contributed by atoms with Crippen molar-refractivity contribution in [3.05, 3.63) is 11.6 Å². The smallest absolute Gasteiger partial charge is 0.132 e. The van der Waals surface area contributed by atoms with E-state index in [1.807, 2.05) is 7.11 Å². The van der Waals surface area contributed by atoms with E-state index in [2.05, 4.69) is 26.8 Å². The largest absolute Gasteiger partial charge is 0.381 e. The third-order valence-electron chi connectivity index (χ3n) is 4.64. The zero-order valence-electron chi connectivity index (χ0n) is 14.5. The second-order valence-electron chi connectivity index (χ2n) is 6.93. The van der Waals surface area contributed by atoms with Crippen molar-refractivity contribution >= 4 is 5.78 Å². The van der Waals surface area contributed by atoms with Crippen LogP contribution in [0, 0.1) is 11.8 Å². The highest BCUT2D eigenvalue weighted by Crippen LogP contribution is 2.29. The zero-order chi connectivity index (χ0) is 15.7. The predicted molar refractivity (Wildman–Crippen MR) is 89.4 cm³/mol. The number of carbonyl (C=O) groups excluding carboxylic acids is 1. The van der Waals surface area contributed by atoms with Gasteiger partial charge in [-0.15, -0.1) is 0 Å². The summed E-state index contributed by atoms with van der Waals surface area (Å²) in [4.78, 5) is 11.6. The first kappa shape index (κ1) is 18.4. The van der Waals surface area contributed by atoms with E-state index in [4.69, 9.17) is 4.74 Å². The van der Waals surface area contributed by atoms with Crippen LogP contribution in [-0.4, -0.2) is 19.0 Å². The van der Waals surface area contributed by atoms with Crippen molar-refractivity contribution in [1.82, 2.24) is 0 Å². The topological polar surface area (TPSA) is 26.3 Å². The normalized spacial score (nSPS) is 24.9. The zero-order valence-corrected chi connectivity index (χ0v) is 14.5. The number of carbonyl (C=O) groups is 1. The molecule has 0 unspecified atom stereocenters. The molecule has 1 fully saturated rings. The number of ether oxygens (including phenoxy) is 1. The van der Waals surface area contributed by atoms with Gasteiger partial charge in [0.1, 0.15) is 5.78 Å². The summed E-state index contributed by atoms with van der Waals surface area (Å²) < 4.78 is 5.51. The lowest BCUT2D eigenvalue weighted by Crippen LogP contribution is -2.20. The maximum Gasteiger partial charge on any atom is 0.132 e. The molecule has 2 heteroatoms. The number of ketones is 1. The van der Waals surface area contributed by atoms with Gasteiger partial charge in [0, 0.05) is 20.0 Å². The number of hydrogen-bond acceptors (Lipinski definition) is 2. The Balaban J connectivity index is 2.32. The minimum absolute atomic E-state index is 0.432. The number of Topliss-reactive ketones (excluding diaryl/α,β-unsaturated/α-hetero) is 1. The second-order valence-corrected chi connectivity index (χ2v) is 6.93. The van der Waals surface area contributed by atoms with E-state index < -0.39 is 0 Å². The van der Waals surface area contributed by atoms with Crippen LogP contribution < -0.4 is 0 Å². The highest BCUT2D eigenvalue weighted by molar-refractivity contribution is 5.78. The molecular weight excluding hydrogens is 260 g/mol. The molecule has 0 aromatic carbocycles. The lowest BCUT2D eigenvalue weighted by atomic mass is 9.85. The summed E-state index contributed by atoms with van der Waals surface area (Å²) in [5, 5.41) is 0. The Morgan fingerprint density at radius 1 is 1.33 bits per heavy atom. The van der Waals surface area contributed by atoms with Gasteiger partial charge in [-0.25, -0.2) is 0 Å². The first-order valence-corrected chi connectivity index (χ1v) is 8.76. The van der Waals surface area contributed by atoms with Crippen molar-refractivity contribution in [1.29, 1.82) is 0 Å². The average Bonchev–Trinajstić information content (AvgIpc) is 2.45. The van der Waals surface area contributed by atoms with Crippen molar-refractivity contribution in [2.24, 2.45) is 11.8 Å². The number of rotatable bonds is 9. The van der Waals surface area contributed by atoms with E-state index in [9.17, 15) is 4.79 Å². The summed E-state index contributed by atoms with van der Waals surface area (Å²) in [6.45, 7) is 6.60. The summed E-state index contributed by atoms with van der Waals surface area (Å²) in [6, 6.07) is 0. The summed E-state index contributed by atoms with van der Waals surface area (Å²) in [7, 11) is 1.83. The highest BCUT2D eigenvalue weighted by Gasteiger charge is 2.20. The average molecular weight is 294 g/mol. The Hall–Kier alpha value is -0.630. The van der Waals surface area contributed by atoms with E-state index in [0.717, 1.165) is 32.1 Å². The van der Waals surface area contributed by atoms with Crippen LogP contribution in [0.25, 0.3) is 0 Å². The minimum Gasteiger partial charge on any atom is -0.381 e. The molecule has 0 aromatic heterocycles. The SMILES string of the molecule is CCCC(=O)CC[C@@H](C)C/C(C)=C/[C@@H]1CCC[C@H](OC)C1. The fourth-order valence-corrected chi connectivity index (χ4v) is 3.48. The Kier molecular flexibility index (Phi) is 8.91. The van der Waals surface area contributed by atoms with Gasteiger partial charge in [0.2, 0.25) is 0 Å². The molecule has 0 heterocycles. The number of methoxy groups -OCH3 is 1. The van der Waals surface area contributed by atoms with Gasteiger partial charge in [0.15, 0.2) is 0 Å². The summed E-state index contributed by atoms with van der Waals surface area (Å²) in [5.74, 6) is 1.74. The van der Waals surface area contributed by atoms with Crippen LogP contribution in [0.15, 0.2) is 11.6 Å². The van der Waals surface area contributed by atoms with Crippen molar-refractivity contribution in [3.63, 3.8) is 0 Å². The van der Waals surface area contributed by atoms with Gasteiger partial charge < -0.3 is 4.74 Å². The van der Waals surface area contributed by atoms with Crippen LogP contribution in [0.1, 0.15) is 78.6 Å². The summed E-state index contributed by atoms with van der Waals surface area (Å²) in [5.41, 5.74) is 1.49. The van der Waals surface area contributed by atoms with E-state index in [-0.39, 0.29) is 0 Å². The molecule has 0 aliphatic heterocycles. The third-order valence-corrected chi connectivity index (χ3v) is 4.64. The number of hydrogen-bond donors (Lipinski definition) is 0. The van der Waals surface area contributed by atoms with Gasteiger partial charge >= 0.3 is 0 Å². The fourth-order valence-electron chi connectivity index (χ4n) is 3.48. The fraction of sp³-hybridized carbons (Fsp3) is 0.842. The van der Waals surface area contributed by atoms with Crippen LogP contribution in [0.5, 0.6) is 0 Å². The standard InChI is InChI=1S/C19H34O2/c1-5-7-18(20)11-10-15(2)12-16(3)13-17-8-6-9-19(14-17)21-4/h13,15,17,19H,5-12,14H2,1-4H3/b16-13+/t15-,17+,19+/m1/s1. The molecule has 1 saturated carbocycles. The predicted octanol–water partition coefficient (Wildman–Crippen LogP) is 5.31. The van der Waals surface area contributed by atoms with E-state index in [0.29, 0.717) is 23.7 Å². The van der Waals surface area contributed by atoms with Crippen molar-refractivity contribution in [2.75, 3.05) is 7.11 Å². The van der Waals surface area contributed by atoms with E-state index >= 15 is 0 Å². The molecule has 0 radical (unpaired) electrons. The molecule has 0 spiro atoms. The van der Waals surface area contributed by atoms with Crippen molar-refractivity contribution in [2.45, 2.75) is 84.7 Å². The van der Waals surface area contributed by atoms with Gasteiger partial charge in [-0.05, 0) is 57.3 Å². The quantitative estimate of drug-likeness (QED) is 0.538. The molecular formula is C19H34O2. The molecule has 21 heavy (non-hydrogen) atoms. The molecule has 0 N–H and O–H groups in total. The van der Waals surface area contributed by atoms with Crippen LogP contribution >= 0.6 is 0 Å². The third kappa shape index (κ3) is 7.80. The second kappa shape index (κ2) is 10.2. The minimum atomic E-state index is 0.432. The van der Waals surface area contributed by atoms with Gasteiger partial charge in [-0.2, -0.15) is 0 Å². The van der Waals surface area contributed by atoms with Gasteiger partial charge in [0.25, 0.3) is 0 Å². The first-order chi connectivity index (χ1) is 10.0. The first-order valence-electron chi connectivity index (χ1n) is 8.76. The maximum atomic E-state index is 11.6. The monoisotopic (exact) mass is 294 g/mol. The molecule has 1 aliphatic rings. The van der Waals surface area contributed by atoms with Gasteiger partial charge in [0.05, 0.1) is 6.10 Å². The Morgan fingerprint density at radius 3 is 2.76 bits per heavy atom. The molecule has 1 aliphatic carbocycles. The summed E-state index contributed by atoms with van der Waals surface area (Å²) in [6.07, 6.45) is 12.6. The van der Waals surface area contributed by atoms with Gasteiger partial charge in [-0.3, -0.25) is 4.79 Å². The number of allylic oxidation sites excluding steroid dienone is 2. The Morgan fingerprint density at radius 2 is 2.10 bits per heavy atom. The summed E-state index contributed by atoms with van der Waals surface area (Å²) >= 11 is 0.